The van der Waals surface area contributed by atoms with Gasteiger partial charge in [-0.2, -0.15) is 8.78 Å². The van der Waals surface area contributed by atoms with Crippen LogP contribution in [0.5, 0.6) is 5.75 Å². The summed E-state index contributed by atoms with van der Waals surface area (Å²) in [6, 6.07) is 13.1. The van der Waals surface area contributed by atoms with Gasteiger partial charge in [0.1, 0.15) is 11.6 Å². The Hall–Kier alpha value is -2.67. The predicted octanol–water partition coefficient (Wildman–Crippen LogP) is 5.80. The molecule has 0 saturated heterocycles. The van der Waals surface area contributed by atoms with E-state index >= 15 is 0 Å². The van der Waals surface area contributed by atoms with Crippen LogP contribution < -0.4 is 4.74 Å². The Balaban J connectivity index is 1.69. The van der Waals surface area contributed by atoms with Gasteiger partial charge in [0.2, 0.25) is 0 Å². The Morgan fingerprint density at radius 1 is 1.08 bits per heavy atom. The Bertz CT molecular complexity index is 809. The number of hydrogen-bond donors (Lipinski definition) is 0. The topological polar surface area (TPSA) is 9.23 Å². The van der Waals surface area contributed by atoms with Gasteiger partial charge in [-0.25, -0.2) is 4.39 Å². The maximum atomic E-state index is 14.2. The maximum Gasteiger partial charge on any atom is 0.387 e. The van der Waals surface area contributed by atoms with Gasteiger partial charge >= 0.3 is 6.61 Å². The number of alkyl halides is 2. The van der Waals surface area contributed by atoms with Gasteiger partial charge in [-0.3, -0.25) is 0 Å². The number of allylic oxidation sites excluding steroid dienone is 1. The van der Waals surface area contributed by atoms with Gasteiger partial charge in [-0.15, -0.1) is 0 Å². The van der Waals surface area contributed by atoms with Gasteiger partial charge in [-0.1, -0.05) is 24.0 Å². The van der Waals surface area contributed by atoms with Gasteiger partial charge in [0, 0.05) is 16.7 Å². The third kappa shape index (κ3) is 5.42. The van der Waals surface area contributed by atoms with Crippen LogP contribution in [-0.2, 0) is 0 Å². The van der Waals surface area contributed by atoms with E-state index in [0.717, 1.165) is 6.42 Å². The normalized spacial score (nSPS) is 14.2. The summed E-state index contributed by atoms with van der Waals surface area (Å²) in [6.45, 7) is -2.84. The Kier molecular flexibility index (Phi) is 5.45. The summed E-state index contributed by atoms with van der Waals surface area (Å²) in [5.41, 5.74) is 1.88. The third-order valence-electron chi connectivity index (χ3n) is 3.90. The molecule has 0 radical (unpaired) electrons. The van der Waals surface area contributed by atoms with Gasteiger partial charge in [0.05, 0.1) is 0 Å². The molecule has 0 aliphatic heterocycles. The van der Waals surface area contributed by atoms with E-state index in [0.29, 0.717) is 22.6 Å². The van der Waals surface area contributed by atoms with E-state index in [-0.39, 0.29) is 11.6 Å². The molecule has 2 aromatic rings. The molecule has 0 N–H and O–H groups in total. The molecule has 1 fully saturated rings. The van der Waals surface area contributed by atoms with E-state index in [1.54, 1.807) is 42.5 Å². The number of ether oxygens (including phenoxy) is 1. The van der Waals surface area contributed by atoms with Crippen molar-refractivity contribution in [1.29, 1.82) is 0 Å². The molecule has 0 spiro atoms. The molecular formula is C21H17F3O. The van der Waals surface area contributed by atoms with Crippen LogP contribution in [0.4, 0.5) is 13.2 Å². The lowest BCUT2D eigenvalue weighted by Gasteiger charge is -2.03. The van der Waals surface area contributed by atoms with Crippen molar-refractivity contribution in [3.05, 3.63) is 71.3 Å². The van der Waals surface area contributed by atoms with E-state index in [9.17, 15) is 13.2 Å². The van der Waals surface area contributed by atoms with Crippen LogP contribution in [0.2, 0.25) is 0 Å². The van der Waals surface area contributed by atoms with Gasteiger partial charge in [0.25, 0.3) is 0 Å². The molecule has 0 heterocycles. The van der Waals surface area contributed by atoms with Gasteiger partial charge in [0.15, 0.2) is 0 Å². The lowest BCUT2D eigenvalue weighted by Crippen LogP contribution is -2.01. The van der Waals surface area contributed by atoms with Crippen LogP contribution >= 0.6 is 0 Å². The number of rotatable bonds is 5. The second kappa shape index (κ2) is 7.94. The fourth-order valence-corrected chi connectivity index (χ4v) is 2.35. The summed E-state index contributed by atoms with van der Waals surface area (Å²) in [7, 11) is 0. The number of halogens is 3. The summed E-state index contributed by atoms with van der Waals surface area (Å²) in [6.07, 6.45) is 4.81. The minimum atomic E-state index is -2.84. The summed E-state index contributed by atoms with van der Waals surface area (Å²) in [5, 5.41) is 0. The number of hydrogen-bond acceptors (Lipinski definition) is 1. The van der Waals surface area contributed by atoms with Crippen molar-refractivity contribution in [3.63, 3.8) is 0 Å². The highest BCUT2D eigenvalue weighted by molar-refractivity contribution is 5.61. The minimum Gasteiger partial charge on any atom is -0.435 e. The maximum absolute atomic E-state index is 14.2. The van der Waals surface area contributed by atoms with Gasteiger partial charge in [-0.05, 0) is 67.7 Å². The standard InChI is InChI=1S/C21H17F3O/c22-20(13-10-15-4-5-15)18-3-1-2-17(14-18)7-6-16-8-11-19(12-9-16)25-21(23)24/h1-3,8-9,11-15,21H,4-5,10H2/b20-13-. The zero-order chi connectivity index (χ0) is 17.6. The molecule has 0 aromatic heterocycles. The number of benzene rings is 2. The highest BCUT2D eigenvalue weighted by Gasteiger charge is 2.19. The van der Waals surface area contributed by atoms with Crippen molar-refractivity contribution in [2.45, 2.75) is 25.9 Å². The summed E-state index contributed by atoms with van der Waals surface area (Å²) in [5.74, 6) is 6.41. The van der Waals surface area contributed by atoms with Crippen LogP contribution in [0.3, 0.4) is 0 Å². The molecule has 2 aromatic carbocycles. The molecule has 0 unspecified atom stereocenters. The van der Waals surface area contributed by atoms with E-state index < -0.39 is 6.61 Å². The molecule has 25 heavy (non-hydrogen) atoms. The molecule has 0 atom stereocenters. The summed E-state index contributed by atoms with van der Waals surface area (Å²) in [4.78, 5) is 0. The van der Waals surface area contributed by atoms with Crippen LogP contribution in [0.1, 0.15) is 36.0 Å². The first-order valence-corrected chi connectivity index (χ1v) is 8.13. The molecular weight excluding hydrogens is 325 g/mol. The third-order valence-corrected chi connectivity index (χ3v) is 3.90. The molecule has 1 aliphatic rings. The lowest BCUT2D eigenvalue weighted by atomic mass is 10.1. The first-order valence-electron chi connectivity index (χ1n) is 8.13. The fourth-order valence-electron chi connectivity index (χ4n) is 2.35. The Morgan fingerprint density at radius 2 is 1.80 bits per heavy atom. The zero-order valence-corrected chi connectivity index (χ0v) is 13.5. The SMILES string of the molecule is F/C(=C\CC1CC1)c1cccc(C#Cc2ccc(OC(F)F)cc2)c1. The summed E-state index contributed by atoms with van der Waals surface area (Å²) < 4.78 is 42.7. The first kappa shape index (κ1) is 17.2. The Morgan fingerprint density at radius 3 is 2.48 bits per heavy atom. The van der Waals surface area contributed by atoms with Gasteiger partial charge < -0.3 is 4.74 Å². The van der Waals surface area contributed by atoms with E-state index in [1.807, 2.05) is 0 Å². The second-order valence-corrected chi connectivity index (χ2v) is 5.96. The molecule has 128 valence electrons. The average molecular weight is 342 g/mol. The zero-order valence-electron chi connectivity index (χ0n) is 13.5. The molecule has 3 rings (SSSR count). The minimum absolute atomic E-state index is 0.0884. The largest absolute Gasteiger partial charge is 0.435 e. The van der Waals surface area contributed by atoms with Crippen molar-refractivity contribution < 1.29 is 17.9 Å². The highest BCUT2D eigenvalue weighted by atomic mass is 19.3. The lowest BCUT2D eigenvalue weighted by molar-refractivity contribution is -0.0498. The predicted molar refractivity (Wildman–Crippen MR) is 91.9 cm³/mol. The van der Waals surface area contributed by atoms with E-state index in [4.69, 9.17) is 0 Å². The average Bonchev–Trinajstić information content (AvgIpc) is 3.43. The van der Waals surface area contributed by atoms with Crippen LogP contribution in [0.25, 0.3) is 5.83 Å². The highest BCUT2D eigenvalue weighted by Crippen LogP contribution is 2.34. The smallest absolute Gasteiger partial charge is 0.387 e. The van der Waals surface area contributed by atoms with E-state index in [2.05, 4.69) is 16.6 Å². The van der Waals surface area contributed by atoms with Crippen molar-refractivity contribution >= 4 is 5.83 Å². The fraction of sp³-hybridized carbons (Fsp3) is 0.238. The Labute approximate surface area is 145 Å². The second-order valence-electron chi connectivity index (χ2n) is 5.96. The van der Waals surface area contributed by atoms with Crippen LogP contribution in [0, 0.1) is 17.8 Å². The molecule has 0 amide bonds. The molecule has 4 heteroatoms. The monoisotopic (exact) mass is 342 g/mol. The van der Waals surface area contributed by atoms with E-state index in [1.165, 1.54) is 25.0 Å². The summed E-state index contributed by atoms with van der Waals surface area (Å²) >= 11 is 0. The molecule has 0 bridgehead atoms. The quantitative estimate of drug-likeness (QED) is 0.624. The van der Waals surface area contributed by atoms with Crippen molar-refractivity contribution in [2.75, 3.05) is 0 Å². The van der Waals surface area contributed by atoms with Crippen molar-refractivity contribution in [1.82, 2.24) is 0 Å². The van der Waals surface area contributed by atoms with Crippen molar-refractivity contribution in [2.24, 2.45) is 5.92 Å². The van der Waals surface area contributed by atoms with Crippen LogP contribution in [-0.4, -0.2) is 6.61 Å². The van der Waals surface area contributed by atoms with Crippen molar-refractivity contribution in [3.8, 4) is 17.6 Å². The molecule has 1 aliphatic carbocycles. The molecule has 1 nitrogen and oxygen atoms in total. The molecule has 1 saturated carbocycles. The first-order chi connectivity index (χ1) is 12.1. The van der Waals surface area contributed by atoms with Crippen LogP contribution in [0.15, 0.2) is 54.6 Å².